The molecule has 7 nitrogen and oxygen atoms in total. The number of aromatic amines is 1. The van der Waals surface area contributed by atoms with Crippen LogP contribution in [0.4, 0.5) is 0 Å². The highest BCUT2D eigenvalue weighted by atomic mass is 32.2. The first-order valence-electron chi connectivity index (χ1n) is 7.59. The number of carboxylic acid groups (broad SMARTS) is 1. The van der Waals surface area contributed by atoms with Crippen LogP contribution in [0.25, 0.3) is 11.0 Å². The van der Waals surface area contributed by atoms with Crippen molar-refractivity contribution in [2.75, 3.05) is 5.75 Å². The van der Waals surface area contributed by atoms with Gasteiger partial charge in [0, 0.05) is 5.92 Å². The maximum absolute atomic E-state index is 12.8. The van der Waals surface area contributed by atoms with Crippen molar-refractivity contribution in [1.82, 2.24) is 9.97 Å². The summed E-state index contributed by atoms with van der Waals surface area (Å²) < 4.78 is 25.5. The Kier molecular flexibility index (Phi) is 4.56. The number of rotatable bonds is 6. The first-order chi connectivity index (χ1) is 11.9. The summed E-state index contributed by atoms with van der Waals surface area (Å²) in [4.78, 5) is 18.2. The van der Waals surface area contributed by atoms with Gasteiger partial charge >= 0.3 is 5.97 Å². The number of aromatic nitrogens is 2. The normalized spacial score (nSPS) is 14.3. The number of H-pyrrole nitrogens is 1. The molecule has 25 heavy (non-hydrogen) atoms. The number of sulfone groups is 1. The van der Waals surface area contributed by atoms with Gasteiger partial charge in [-0.15, -0.1) is 0 Å². The minimum atomic E-state index is -3.86. The van der Waals surface area contributed by atoms with Gasteiger partial charge in [-0.2, -0.15) is 0 Å². The number of hydrogen-bond donors (Lipinski definition) is 3. The molecule has 2 atom stereocenters. The highest BCUT2D eigenvalue weighted by Crippen LogP contribution is 2.24. The van der Waals surface area contributed by atoms with E-state index in [1.165, 1.54) is 0 Å². The summed E-state index contributed by atoms with van der Waals surface area (Å²) in [5.41, 5.74) is 7.44. The molecule has 0 aliphatic heterocycles. The third-order valence-electron chi connectivity index (χ3n) is 4.01. The van der Waals surface area contributed by atoms with E-state index in [2.05, 4.69) is 9.97 Å². The van der Waals surface area contributed by atoms with Crippen molar-refractivity contribution in [3.63, 3.8) is 0 Å². The summed E-state index contributed by atoms with van der Waals surface area (Å²) in [6.45, 7) is 0. The molecule has 0 saturated carbocycles. The first kappa shape index (κ1) is 17.1. The summed E-state index contributed by atoms with van der Waals surface area (Å²) in [6.07, 6.45) is 0. The van der Waals surface area contributed by atoms with Crippen LogP contribution >= 0.6 is 0 Å². The monoisotopic (exact) mass is 359 g/mol. The lowest BCUT2D eigenvalue weighted by molar-refractivity contribution is -0.138. The lowest BCUT2D eigenvalue weighted by atomic mass is 9.94. The van der Waals surface area contributed by atoms with Crippen LogP contribution in [0.5, 0.6) is 0 Å². The van der Waals surface area contributed by atoms with E-state index in [1.54, 1.807) is 54.6 Å². The van der Waals surface area contributed by atoms with Crippen LogP contribution in [-0.4, -0.2) is 41.3 Å². The highest BCUT2D eigenvalue weighted by Gasteiger charge is 2.32. The SMILES string of the molecule is N[C@H](C(=O)O)C(CS(=O)(=O)c1nc2ccccc2[nH]1)c1ccccc1. The van der Waals surface area contributed by atoms with Crippen LogP contribution in [0.2, 0.25) is 0 Å². The molecule has 8 heteroatoms. The fourth-order valence-electron chi connectivity index (χ4n) is 2.67. The number of para-hydroxylation sites is 2. The van der Waals surface area contributed by atoms with Gasteiger partial charge in [0.1, 0.15) is 6.04 Å². The number of carboxylic acids is 1. The Bertz CT molecular complexity index is 966. The van der Waals surface area contributed by atoms with Crippen molar-refractivity contribution in [2.45, 2.75) is 17.1 Å². The Hall–Kier alpha value is -2.71. The first-order valence-corrected chi connectivity index (χ1v) is 9.24. The molecule has 0 bridgehead atoms. The Morgan fingerprint density at radius 1 is 1.12 bits per heavy atom. The number of benzene rings is 2. The molecule has 2 aromatic carbocycles. The van der Waals surface area contributed by atoms with Crippen molar-refractivity contribution >= 4 is 26.8 Å². The van der Waals surface area contributed by atoms with E-state index in [0.717, 1.165) is 0 Å². The second-order valence-electron chi connectivity index (χ2n) is 5.72. The average Bonchev–Trinajstić information content (AvgIpc) is 3.05. The molecule has 1 aromatic heterocycles. The van der Waals surface area contributed by atoms with Gasteiger partial charge < -0.3 is 15.8 Å². The molecule has 1 unspecified atom stereocenters. The highest BCUT2D eigenvalue weighted by molar-refractivity contribution is 7.91. The summed E-state index contributed by atoms with van der Waals surface area (Å²) in [5.74, 6) is -2.60. The van der Waals surface area contributed by atoms with Gasteiger partial charge in [-0.25, -0.2) is 13.4 Å². The predicted molar refractivity (Wildman–Crippen MR) is 92.9 cm³/mol. The van der Waals surface area contributed by atoms with Gasteiger partial charge in [-0.3, -0.25) is 4.79 Å². The van der Waals surface area contributed by atoms with E-state index < -0.39 is 33.5 Å². The number of nitrogens with two attached hydrogens (primary N) is 1. The van der Waals surface area contributed by atoms with E-state index >= 15 is 0 Å². The molecule has 1 heterocycles. The van der Waals surface area contributed by atoms with E-state index in [4.69, 9.17) is 5.73 Å². The summed E-state index contributed by atoms with van der Waals surface area (Å²) in [7, 11) is -3.86. The van der Waals surface area contributed by atoms with Crippen molar-refractivity contribution in [1.29, 1.82) is 0 Å². The number of nitrogens with one attached hydrogen (secondary N) is 1. The van der Waals surface area contributed by atoms with Gasteiger partial charge in [0.25, 0.3) is 0 Å². The Morgan fingerprint density at radius 2 is 1.76 bits per heavy atom. The number of nitrogens with zero attached hydrogens (tertiary/aromatic N) is 1. The largest absolute Gasteiger partial charge is 0.480 e. The molecule has 0 saturated heterocycles. The maximum Gasteiger partial charge on any atom is 0.321 e. The third kappa shape index (κ3) is 3.54. The van der Waals surface area contributed by atoms with Gasteiger partial charge in [0.05, 0.1) is 16.8 Å². The van der Waals surface area contributed by atoms with Gasteiger partial charge in [-0.1, -0.05) is 42.5 Å². The van der Waals surface area contributed by atoms with Crippen LogP contribution in [0, 0.1) is 0 Å². The molecule has 0 aliphatic rings. The van der Waals surface area contributed by atoms with E-state index in [1.807, 2.05) is 0 Å². The topological polar surface area (TPSA) is 126 Å². The molecule has 0 fully saturated rings. The van der Waals surface area contributed by atoms with Crippen molar-refractivity contribution in [3.8, 4) is 0 Å². The molecule has 130 valence electrons. The van der Waals surface area contributed by atoms with Crippen LogP contribution in [-0.2, 0) is 14.6 Å². The van der Waals surface area contributed by atoms with Gasteiger partial charge in [0.15, 0.2) is 0 Å². The molecule has 0 aliphatic carbocycles. The molecule has 0 spiro atoms. The summed E-state index contributed by atoms with van der Waals surface area (Å²) in [5, 5.41) is 9.06. The smallest absolute Gasteiger partial charge is 0.321 e. The van der Waals surface area contributed by atoms with E-state index in [9.17, 15) is 18.3 Å². The molecule has 4 N–H and O–H groups in total. The number of imidazole rings is 1. The fourth-order valence-corrected chi connectivity index (χ4v) is 4.20. The number of fused-ring (bicyclic) bond motifs is 1. The molecular weight excluding hydrogens is 342 g/mol. The Labute approximate surface area is 144 Å². The number of hydrogen-bond acceptors (Lipinski definition) is 5. The Morgan fingerprint density at radius 3 is 2.40 bits per heavy atom. The predicted octanol–water partition coefficient (Wildman–Crippen LogP) is 1.53. The van der Waals surface area contributed by atoms with E-state index in [-0.39, 0.29) is 5.16 Å². The third-order valence-corrected chi connectivity index (χ3v) is 5.59. The van der Waals surface area contributed by atoms with Gasteiger partial charge in [-0.05, 0) is 17.7 Å². The second-order valence-corrected chi connectivity index (χ2v) is 7.67. The molecule has 3 rings (SSSR count). The molecular formula is C17H17N3O4S. The van der Waals surface area contributed by atoms with Crippen molar-refractivity contribution < 1.29 is 18.3 Å². The van der Waals surface area contributed by atoms with Crippen LogP contribution in [0.3, 0.4) is 0 Å². The fraction of sp³-hybridized carbons (Fsp3) is 0.176. The summed E-state index contributed by atoms with van der Waals surface area (Å²) >= 11 is 0. The lowest BCUT2D eigenvalue weighted by Gasteiger charge is -2.20. The summed E-state index contributed by atoms with van der Waals surface area (Å²) in [6, 6.07) is 14.1. The maximum atomic E-state index is 12.8. The second kappa shape index (κ2) is 6.66. The zero-order valence-corrected chi connectivity index (χ0v) is 14.0. The van der Waals surface area contributed by atoms with E-state index in [0.29, 0.717) is 16.6 Å². The quantitative estimate of drug-likeness (QED) is 0.613. The van der Waals surface area contributed by atoms with Crippen LogP contribution in [0.1, 0.15) is 11.5 Å². The molecule has 3 aromatic rings. The standard InChI is InChI=1S/C17H17N3O4S/c18-15(16(21)22)12(11-6-2-1-3-7-11)10-25(23,24)17-19-13-8-4-5-9-14(13)20-17/h1-9,12,15H,10,18H2,(H,19,20)(H,21,22)/t12?,15-/m0/s1. The number of aliphatic carboxylic acids is 1. The zero-order valence-electron chi connectivity index (χ0n) is 13.2. The van der Waals surface area contributed by atoms with Crippen molar-refractivity contribution in [3.05, 3.63) is 60.2 Å². The van der Waals surface area contributed by atoms with Crippen LogP contribution < -0.4 is 5.73 Å². The number of carbonyl (C=O) groups is 1. The molecule has 0 radical (unpaired) electrons. The zero-order chi connectivity index (χ0) is 18.0. The average molecular weight is 359 g/mol. The Balaban J connectivity index is 1.98. The van der Waals surface area contributed by atoms with Crippen LogP contribution in [0.15, 0.2) is 59.8 Å². The van der Waals surface area contributed by atoms with Gasteiger partial charge in [0.2, 0.25) is 15.0 Å². The lowest BCUT2D eigenvalue weighted by Crippen LogP contribution is -2.39. The molecule has 0 amide bonds. The minimum absolute atomic E-state index is 0.188. The minimum Gasteiger partial charge on any atom is -0.480 e. The van der Waals surface area contributed by atoms with Crippen molar-refractivity contribution in [2.24, 2.45) is 5.73 Å².